The van der Waals surface area contributed by atoms with Gasteiger partial charge in [-0.1, -0.05) is 11.6 Å². The molecule has 0 saturated heterocycles. The van der Waals surface area contributed by atoms with Gasteiger partial charge < -0.3 is 14.0 Å². The highest BCUT2D eigenvalue weighted by molar-refractivity contribution is 7.92. The fourth-order valence-electron chi connectivity index (χ4n) is 3.46. The van der Waals surface area contributed by atoms with E-state index in [9.17, 15) is 8.42 Å². The second kappa shape index (κ2) is 8.72. The third-order valence-corrected chi connectivity index (χ3v) is 6.57. The fraction of sp³-hybridized carbons (Fsp3) is 0.174. The molecule has 32 heavy (non-hydrogen) atoms. The Balaban J connectivity index is 1.89. The Bertz CT molecular complexity index is 1380. The minimum absolute atomic E-state index is 0.0253. The Morgan fingerprint density at radius 3 is 2.53 bits per heavy atom. The molecule has 0 aliphatic rings. The quantitative estimate of drug-likeness (QED) is 0.387. The molecule has 0 unspecified atom stereocenters. The minimum Gasteiger partial charge on any atom is -0.479 e. The standard InChI is InChI=1S/C23H22ClN3O4S/c1-4-32(28,29)26-16-7-10-21(31-17-8-5-15(24)6-9-17)19(13-16)20-14-27(2)22-18(20)11-12-25-23(22)30-3/h5-14,26H,4H2,1-3H3. The van der Waals surface area contributed by atoms with E-state index in [4.69, 9.17) is 21.1 Å². The number of hydrogen-bond acceptors (Lipinski definition) is 5. The number of sulfonamides is 1. The number of methoxy groups -OCH3 is 1. The van der Waals surface area contributed by atoms with Gasteiger partial charge >= 0.3 is 0 Å². The average molecular weight is 472 g/mol. The largest absolute Gasteiger partial charge is 0.479 e. The van der Waals surface area contributed by atoms with Crippen LogP contribution in [0.3, 0.4) is 0 Å². The smallest absolute Gasteiger partial charge is 0.238 e. The van der Waals surface area contributed by atoms with Crippen LogP contribution in [0.25, 0.3) is 22.0 Å². The van der Waals surface area contributed by atoms with Gasteiger partial charge in [0.05, 0.1) is 12.9 Å². The summed E-state index contributed by atoms with van der Waals surface area (Å²) in [6.07, 6.45) is 3.62. The first-order chi connectivity index (χ1) is 15.3. The zero-order valence-corrected chi connectivity index (χ0v) is 19.4. The summed E-state index contributed by atoms with van der Waals surface area (Å²) in [7, 11) is 0.0386. The van der Waals surface area contributed by atoms with E-state index in [1.165, 1.54) is 0 Å². The van der Waals surface area contributed by atoms with Crippen molar-refractivity contribution in [3.8, 4) is 28.5 Å². The van der Waals surface area contributed by atoms with Gasteiger partial charge in [-0.2, -0.15) is 0 Å². The fourth-order valence-corrected chi connectivity index (χ4v) is 4.22. The first-order valence-corrected chi connectivity index (χ1v) is 11.9. The van der Waals surface area contributed by atoms with E-state index >= 15 is 0 Å². The first-order valence-electron chi connectivity index (χ1n) is 9.87. The van der Waals surface area contributed by atoms with Crippen molar-refractivity contribution >= 4 is 38.2 Å². The predicted octanol–water partition coefficient (Wildman–Crippen LogP) is 5.46. The molecule has 0 aliphatic heterocycles. The first kappa shape index (κ1) is 22.0. The molecular formula is C23H22ClN3O4S. The molecule has 7 nitrogen and oxygen atoms in total. The van der Waals surface area contributed by atoms with Gasteiger partial charge in [0.15, 0.2) is 0 Å². The maximum Gasteiger partial charge on any atom is 0.238 e. The number of fused-ring (bicyclic) bond motifs is 1. The summed E-state index contributed by atoms with van der Waals surface area (Å²) in [4.78, 5) is 4.29. The van der Waals surface area contributed by atoms with Crippen LogP contribution in [0, 0.1) is 0 Å². The van der Waals surface area contributed by atoms with Gasteiger partial charge in [0.1, 0.15) is 17.0 Å². The highest BCUT2D eigenvalue weighted by Gasteiger charge is 2.18. The van der Waals surface area contributed by atoms with Gasteiger partial charge in [0, 0.05) is 46.7 Å². The van der Waals surface area contributed by atoms with Crippen molar-refractivity contribution in [3.63, 3.8) is 0 Å². The van der Waals surface area contributed by atoms with Crippen molar-refractivity contribution in [2.75, 3.05) is 17.6 Å². The van der Waals surface area contributed by atoms with E-state index in [1.807, 2.05) is 23.9 Å². The highest BCUT2D eigenvalue weighted by atomic mass is 35.5. The highest BCUT2D eigenvalue weighted by Crippen LogP contribution is 2.41. The third-order valence-electron chi connectivity index (χ3n) is 5.01. The normalized spacial score (nSPS) is 11.5. The Labute approximate surface area is 191 Å². The molecule has 0 saturated carbocycles. The number of aromatic nitrogens is 2. The molecule has 2 heterocycles. The third kappa shape index (κ3) is 4.37. The van der Waals surface area contributed by atoms with Gasteiger partial charge in [-0.15, -0.1) is 0 Å². The van der Waals surface area contributed by atoms with Crippen LogP contribution in [-0.4, -0.2) is 30.8 Å². The van der Waals surface area contributed by atoms with Gasteiger partial charge in [-0.05, 0) is 55.5 Å². The summed E-state index contributed by atoms with van der Waals surface area (Å²) in [6, 6.07) is 14.1. The van der Waals surface area contributed by atoms with E-state index in [2.05, 4.69) is 9.71 Å². The van der Waals surface area contributed by atoms with Crippen LogP contribution in [0.5, 0.6) is 17.4 Å². The monoisotopic (exact) mass is 471 g/mol. The molecule has 0 amide bonds. The predicted molar refractivity (Wildman–Crippen MR) is 127 cm³/mol. The summed E-state index contributed by atoms with van der Waals surface area (Å²) in [5, 5.41) is 1.51. The van der Waals surface area contributed by atoms with Crippen molar-refractivity contribution in [2.24, 2.45) is 7.05 Å². The van der Waals surface area contributed by atoms with Crippen LogP contribution in [-0.2, 0) is 17.1 Å². The summed E-state index contributed by atoms with van der Waals surface area (Å²) >= 11 is 5.99. The SMILES string of the molecule is CCS(=O)(=O)Nc1ccc(Oc2ccc(Cl)cc2)c(-c2cn(C)c3c(OC)nccc23)c1. The zero-order valence-electron chi connectivity index (χ0n) is 17.8. The summed E-state index contributed by atoms with van der Waals surface area (Å²) < 4.78 is 40.4. The number of nitrogens with one attached hydrogen (secondary N) is 1. The van der Waals surface area contributed by atoms with Gasteiger partial charge in [-0.3, -0.25) is 4.72 Å². The van der Waals surface area contributed by atoms with E-state index in [0.717, 1.165) is 22.0 Å². The lowest BCUT2D eigenvalue weighted by Crippen LogP contribution is -2.14. The molecule has 0 radical (unpaired) electrons. The number of benzene rings is 2. The lowest BCUT2D eigenvalue weighted by atomic mass is 10.0. The second-order valence-electron chi connectivity index (χ2n) is 7.14. The van der Waals surface area contributed by atoms with Crippen molar-refractivity contribution in [3.05, 3.63) is 65.9 Å². The number of anilines is 1. The molecule has 2 aromatic heterocycles. The van der Waals surface area contributed by atoms with Crippen LogP contribution in [0.4, 0.5) is 5.69 Å². The van der Waals surface area contributed by atoms with E-state index in [0.29, 0.717) is 28.1 Å². The zero-order chi connectivity index (χ0) is 22.9. The molecule has 166 valence electrons. The van der Waals surface area contributed by atoms with E-state index in [1.54, 1.807) is 62.7 Å². The Morgan fingerprint density at radius 2 is 1.84 bits per heavy atom. The number of nitrogens with zero attached hydrogens (tertiary/aromatic N) is 2. The van der Waals surface area contributed by atoms with Crippen LogP contribution in [0.1, 0.15) is 6.92 Å². The van der Waals surface area contributed by atoms with Crippen LogP contribution in [0.15, 0.2) is 60.9 Å². The van der Waals surface area contributed by atoms with Crippen LogP contribution in [0.2, 0.25) is 5.02 Å². The van der Waals surface area contributed by atoms with Crippen molar-refractivity contribution in [1.29, 1.82) is 0 Å². The van der Waals surface area contributed by atoms with Crippen molar-refractivity contribution in [1.82, 2.24) is 9.55 Å². The molecule has 0 atom stereocenters. The van der Waals surface area contributed by atoms with Crippen molar-refractivity contribution in [2.45, 2.75) is 6.92 Å². The molecule has 2 aromatic carbocycles. The molecule has 4 rings (SSSR count). The maximum absolute atomic E-state index is 12.1. The number of aryl methyl sites for hydroxylation is 1. The lowest BCUT2D eigenvalue weighted by Gasteiger charge is -2.14. The molecular weight excluding hydrogens is 450 g/mol. The molecule has 1 N–H and O–H groups in total. The van der Waals surface area contributed by atoms with Gasteiger partial charge in [0.2, 0.25) is 15.9 Å². The summed E-state index contributed by atoms with van der Waals surface area (Å²) in [5.41, 5.74) is 2.84. The van der Waals surface area contributed by atoms with E-state index < -0.39 is 10.0 Å². The Hall–Kier alpha value is -3.23. The van der Waals surface area contributed by atoms with Crippen LogP contribution >= 0.6 is 11.6 Å². The molecule has 9 heteroatoms. The minimum atomic E-state index is -3.44. The molecule has 0 fully saturated rings. The molecule has 0 aliphatic carbocycles. The second-order valence-corrected chi connectivity index (χ2v) is 9.59. The maximum atomic E-state index is 12.1. The number of halogens is 1. The number of rotatable bonds is 7. The van der Waals surface area contributed by atoms with Gasteiger partial charge in [-0.25, -0.2) is 13.4 Å². The lowest BCUT2D eigenvalue weighted by molar-refractivity contribution is 0.401. The van der Waals surface area contributed by atoms with Crippen molar-refractivity contribution < 1.29 is 17.9 Å². The Kier molecular flexibility index (Phi) is 5.99. The topological polar surface area (TPSA) is 82.5 Å². The number of pyridine rings is 1. The van der Waals surface area contributed by atoms with E-state index in [-0.39, 0.29) is 5.75 Å². The number of ether oxygens (including phenoxy) is 2. The number of hydrogen-bond donors (Lipinski definition) is 1. The average Bonchev–Trinajstić information content (AvgIpc) is 3.13. The molecule has 0 spiro atoms. The molecule has 0 bridgehead atoms. The van der Waals surface area contributed by atoms with Gasteiger partial charge in [0.25, 0.3) is 0 Å². The summed E-state index contributed by atoms with van der Waals surface area (Å²) in [5.74, 6) is 1.65. The Morgan fingerprint density at radius 1 is 1.09 bits per heavy atom. The summed E-state index contributed by atoms with van der Waals surface area (Å²) in [6.45, 7) is 1.59. The molecule has 4 aromatic rings. The van der Waals surface area contributed by atoms with Crippen LogP contribution < -0.4 is 14.2 Å².